The van der Waals surface area contributed by atoms with Crippen LogP contribution in [0.4, 0.5) is 0 Å². The van der Waals surface area contributed by atoms with Gasteiger partial charge in [0.25, 0.3) is 0 Å². The normalized spacial score (nSPS) is 21.3. The van der Waals surface area contributed by atoms with Gasteiger partial charge in [-0.1, -0.05) is 62.9 Å². The van der Waals surface area contributed by atoms with Gasteiger partial charge in [0.1, 0.15) is 17.4 Å². The Morgan fingerprint density at radius 1 is 1.26 bits per heavy atom. The van der Waals surface area contributed by atoms with Crippen molar-refractivity contribution in [1.82, 2.24) is 0 Å². The molecule has 0 spiro atoms. The van der Waals surface area contributed by atoms with Gasteiger partial charge in [0.2, 0.25) is 0 Å². The lowest BCUT2D eigenvalue weighted by Crippen LogP contribution is -2.29. The molecule has 126 valence electrons. The van der Waals surface area contributed by atoms with E-state index in [0.717, 1.165) is 18.4 Å². The van der Waals surface area contributed by atoms with E-state index in [0.29, 0.717) is 6.42 Å². The minimum absolute atomic E-state index is 0.0644. The van der Waals surface area contributed by atoms with E-state index in [2.05, 4.69) is 6.92 Å². The van der Waals surface area contributed by atoms with Crippen molar-refractivity contribution in [3.63, 3.8) is 0 Å². The summed E-state index contributed by atoms with van der Waals surface area (Å²) in [5, 5.41) is 10.4. The minimum atomic E-state index is -0.562. The monoisotopic (exact) mass is 318 g/mol. The van der Waals surface area contributed by atoms with E-state index in [1.165, 1.54) is 26.4 Å². The number of ether oxygens (including phenoxy) is 2. The Morgan fingerprint density at radius 3 is 2.65 bits per heavy atom. The molecular formula is C19H26O4. The summed E-state index contributed by atoms with van der Waals surface area (Å²) in [6, 6.07) is 9.52. The molecule has 0 saturated carbocycles. The number of carbonyl (C=O) groups is 1. The van der Waals surface area contributed by atoms with Crippen molar-refractivity contribution in [1.29, 1.82) is 0 Å². The lowest BCUT2D eigenvalue weighted by molar-refractivity contribution is -0.140. The van der Waals surface area contributed by atoms with Crippen LogP contribution in [0.5, 0.6) is 0 Å². The Labute approximate surface area is 138 Å². The van der Waals surface area contributed by atoms with Crippen LogP contribution >= 0.6 is 0 Å². The van der Waals surface area contributed by atoms with Crippen molar-refractivity contribution in [2.75, 3.05) is 7.11 Å². The molecule has 1 aliphatic rings. The summed E-state index contributed by atoms with van der Waals surface area (Å²) in [5.41, 5.74) is 1.08. The number of hydrogen-bond acceptors (Lipinski definition) is 4. The van der Waals surface area contributed by atoms with Gasteiger partial charge in [0, 0.05) is 6.42 Å². The average molecular weight is 318 g/mol. The first-order valence-electron chi connectivity index (χ1n) is 8.38. The average Bonchev–Trinajstić information content (AvgIpc) is 2.58. The molecule has 1 aromatic carbocycles. The fourth-order valence-electron chi connectivity index (χ4n) is 2.96. The van der Waals surface area contributed by atoms with Gasteiger partial charge in [-0.15, -0.1) is 0 Å². The molecule has 0 aromatic heterocycles. The van der Waals surface area contributed by atoms with E-state index in [9.17, 15) is 9.90 Å². The highest BCUT2D eigenvalue weighted by molar-refractivity contribution is 5.90. The van der Waals surface area contributed by atoms with E-state index in [1.807, 2.05) is 30.3 Å². The van der Waals surface area contributed by atoms with E-state index in [4.69, 9.17) is 9.47 Å². The van der Waals surface area contributed by atoms with E-state index < -0.39 is 12.1 Å². The van der Waals surface area contributed by atoms with E-state index >= 15 is 0 Å². The fourth-order valence-corrected chi connectivity index (χ4v) is 2.96. The number of unbranched alkanes of at least 4 members (excludes halogenated alkanes) is 3. The number of carbonyl (C=O) groups excluding carboxylic acids is 1. The maximum atomic E-state index is 12.0. The quantitative estimate of drug-likeness (QED) is 0.595. The third kappa shape index (κ3) is 4.58. The lowest BCUT2D eigenvalue weighted by Gasteiger charge is -2.31. The summed E-state index contributed by atoms with van der Waals surface area (Å²) in [6.45, 7) is 2.18. The highest BCUT2D eigenvalue weighted by atomic mass is 16.5. The van der Waals surface area contributed by atoms with Gasteiger partial charge >= 0.3 is 5.97 Å². The van der Waals surface area contributed by atoms with Gasteiger partial charge in [-0.05, 0) is 12.0 Å². The molecule has 2 rings (SSSR count). The van der Waals surface area contributed by atoms with Crippen LogP contribution in [0, 0.1) is 0 Å². The molecule has 0 aliphatic carbocycles. The minimum Gasteiger partial charge on any atom is -0.512 e. The number of aliphatic hydroxyl groups is 1. The van der Waals surface area contributed by atoms with E-state index in [-0.39, 0.29) is 17.4 Å². The molecule has 4 heteroatoms. The second kappa shape index (κ2) is 8.73. The molecule has 0 bridgehead atoms. The number of aliphatic hydroxyl groups excluding tert-OH is 1. The second-order valence-electron chi connectivity index (χ2n) is 5.95. The summed E-state index contributed by atoms with van der Waals surface area (Å²) < 4.78 is 11.0. The zero-order valence-electron chi connectivity index (χ0n) is 14.0. The third-order valence-corrected chi connectivity index (χ3v) is 4.21. The molecule has 0 amide bonds. The Bertz CT molecular complexity index is 536. The van der Waals surface area contributed by atoms with Crippen LogP contribution < -0.4 is 0 Å². The maximum absolute atomic E-state index is 12.0. The van der Waals surface area contributed by atoms with Crippen molar-refractivity contribution in [2.24, 2.45) is 0 Å². The van der Waals surface area contributed by atoms with Crippen molar-refractivity contribution in [2.45, 2.75) is 57.7 Å². The lowest BCUT2D eigenvalue weighted by atomic mass is 9.93. The van der Waals surface area contributed by atoms with Crippen LogP contribution in [0.15, 0.2) is 41.7 Å². The zero-order valence-corrected chi connectivity index (χ0v) is 14.0. The van der Waals surface area contributed by atoms with Gasteiger partial charge in [-0.25, -0.2) is 4.79 Å². The summed E-state index contributed by atoms with van der Waals surface area (Å²) >= 11 is 0. The standard InChI is InChI=1S/C19H26O4/c1-3-4-5-9-12-15-13-16(20)17(19(21)22-2)18(23-15)14-10-7-6-8-11-14/h6-8,10-11,15,18,20H,3-5,9,12-13H2,1-2H3/t15-,18+/m1/s1. The van der Waals surface area contributed by atoms with Gasteiger partial charge < -0.3 is 14.6 Å². The predicted molar refractivity (Wildman–Crippen MR) is 89.1 cm³/mol. The number of esters is 1. The Balaban J connectivity index is 2.17. The van der Waals surface area contributed by atoms with Crippen LogP contribution in [0.25, 0.3) is 0 Å². The maximum Gasteiger partial charge on any atom is 0.340 e. The highest BCUT2D eigenvalue weighted by Crippen LogP contribution is 2.37. The molecule has 1 N–H and O–H groups in total. The van der Waals surface area contributed by atoms with Crippen LogP contribution in [0.1, 0.15) is 57.1 Å². The van der Waals surface area contributed by atoms with Crippen LogP contribution in [-0.4, -0.2) is 24.3 Å². The van der Waals surface area contributed by atoms with Crippen LogP contribution in [0.2, 0.25) is 0 Å². The highest BCUT2D eigenvalue weighted by Gasteiger charge is 2.35. The first-order valence-corrected chi connectivity index (χ1v) is 8.38. The SMILES string of the molecule is CCCCCC[C@@H]1CC(O)=C(C(=O)OC)[C@H](c2ccccc2)O1. The molecule has 23 heavy (non-hydrogen) atoms. The van der Waals surface area contributed by atoms with Gasteiger partial charge in [-0.3, -0.25) is 0 Å². The largest absolute Gasteiger partial charge is 0.512 e. The first-order chi connectivity index (χ1) is 11.2. The Morgan fingerprint density at radius 2 is 2.00 bits per heavy atom. The summed E-state index contributed by atoms with van der Waals surface area (Å²) in [4.78, 5) is 12.0. The number of benzene rings is 1. The van der Waals surface area contributed by atoms with Crippen molar-refractivity contribution < 1.29 is 19.4 Å². The second-order valence-corrected chi connectivity index (χ2v) is 5.95. The van der Waals surface area contributed by atoms with E-state index in [1.54, 1.807) is 0 Å². The molecule has 0 radical (unpaired) electrons. The van der Waals surface area contributed by atoms with Crippen molar-refractivity contribution >= 4 is 5.97 Å². The molecule has 0 fully saturated rings. The van der Waals surface area contributed by atoms with Gasteiger partial charge in [0.15, 0.2) is 0 Å². The summed E-state index contributed by atoms with van der Waals surface area (Å²) in [5.74, 6) is -0.432. The summed E-state index contributed by atoms with van der Waals surface area (Å²) in [6.07, 6.45) is 5.28. The van der Waals surface area contributed by atoms with Crippen molar-refractivity contribution in [3.05, 3.63) is 47.2 Å². The molecule has 4 nitrogen and oxygen atoms in total. The fraction of sp³-hybridized carbons (Fsp3) is 0.526. The molecule has 1 aliphatic heterocycles. The molecule has 0 unspecified atom stereocenters. The van der Waals surface area contributed by atoms with Gasteiger partial charge in [0.05, 0.1) is 13.2 Å². The topological polar surface area (TPSA) is 55.8 Å². The van der Waals surface area contributed by atoms with Crippen molar-refractivity contribution in [3.8, 4) is 0 Å². The number of rotatable bonds is 7. The van der Waals surface area contributed by atoms with Gasteiger partial charge in [-0.2, -0.15) is 0 Å². The molecule has 2 atom stereocenters. The number of methoxy groups -OCH3 is 1. The van der Waals surface area contributed by atoms with Crippen LogP contribution in [-0.2, 0) is 14.3 Å². The number of hydrogen-bond donors (Lipinski definition) is 1. The predicted octanol–water partition coefficient (Wildman–Crippen LogP) is 4.47. The molecule has 1 aromatic rings. The molecular weight excluding hydrogens is 292 g/mol. The Kier molecular flexibility index (Phi) is 6.66. The first kappa shape index (κ1) is 17.5. The molecule has 1 heterocycles. The summed E-state index contributed by atoms with van der Waals surface area (Å²) in [7, 11) is 1.32. The Hall–Kier alpha value is -1.81. The van der Waals surface area contributed by atoms with Crippen LogP contribution in [0.3, 0.4) is 0 Å². The smallest absolute Gasteiger partial charge is 0.340 e. The molecule has 0 saturated heterocycles. The zero-order chi connectivity index (χ0) is 16.7. The third-order valence-electron chi connectivity index (χ3n) is 4.21.